The first kappa shape index (κ1) is 11.6. The maximum Gasteiger partial charge on any atom is 0.238 e. The Bertz CT molecular complexity index is 395. The second kappa shape index (κ2) is 4.39. The number of rotatable bonds is 4. The highest BCUT2D eigenvalue weighted by molar-refractivity contribution is 7.89. The molecule has 0 aliphatic rings. The first-order chi connectivity index (χ1) is 6.39. The maximum atomic E-state index is 10.9. The van der Waals surface area contributed by atoms with Crippen LogP contribution in [0.15, 0.2) is 16.3 Å². The van der Waals surface area contributed by atoms with E-state index in [1.54, 1.807) is 11.4 Å². The molecule has 0 aliphatic carbocycles. The van der Waals surface area contributed by atoms with Crippen molar-refractivity contribution in [3.05, 3.63) is 16.3 Å². The topological polar surface area (TPSA) is 72.2 Å². The quantitative estimate of drug-likeness (QED) is 0.812. The molecule has 0 spiro atoms. The summed E-state index contributed by atoms with van der Waals surface area (Å²) in [6.45, 7) is 4.75. The first-order valence-electron chi connectivity index (χ1n) is 4.23. The Balaban J connectivity index is 2.70. The lowest BCUT2D eigenvalue weighted by atomic mass is 10.4. The van der Waals surface area contributed by atoms with E-state index in [1.165, 1.54) is 11.3 Å². The molecule has 0 aliphatic heterocycles. The summed E-state index contributed by atoms with van der Waals surface area (Å²) >= 11 is 1.40. The van der Waals surface area contributed by atoms with Gasteiger partial charge in [-0.05, 0) is 6.07 Å². The zero-order chi connectivity index (χ0) is 10.8. The molecule has 0 unspecified atom stereocenters. The molecule has 14 heavy (non-hydrogen) atoms. The number of hydrogen-bond donors (Lipinski definition) is 2. The molecular weight excluding hydrogens is 220 g/mol. The van der Waals surface area contributed by atoms with Gasteiger partial charge in [-0.2, -0.15) is 0 Å². The van der Waals surface area contributed by atoms with Crippen LogP contribution < -0.4 is 10.5 Å². The fourth-order valence-electron chi connectivity index (χ4n) is 0.907. The lowest BCUT2D eigenvalue weighted by Gasteiger charge is -2.04. The number of primary sulfonamides is 1. The van der Waals surface area contributed by atoms with E-state index in [4.69, 9.17) is 5.14 Å². The summed E-state index contributed by atoms with van der Waals surface area (Å²) in [4.78, 5) is 1.17. The van der Waals surface area contributed by atoms with Crippen LogP contribution in [0.4, 0.5) is 0 Å². The van der Waals surface area contributed by atoms with Gasteiger partial charge in [0.05, 0.1) is 4.90 Å². The van der Waals surface area contributed by atoms with Crippen LogP contribution in [0.3, 0.4) is 0 Å². The highest BCUT2D eigenvalue weighted by atomic mass is 32.2. The highest BCUT2D eigenvalue weighted by Crippen LogP contribution is 2.17. The molecule has 1 heterocycles. The van der Waals surface area contributed by atoms with Crippen LogP contribution in [0.25, 0.3) is 0 Å². The molecule has 0 bridgehead atoms. The van der Waals surface area contributed by atoms with Crippen molar-refractivity contribution in [3.63, 3.8) is 0 Å². The maximum absolute atomic E-state index is 10.9. The summed E-state index contributed by atoms with van der Waals surface area (Å²) in [5, 5.41) is 9.75. The van der Waals surface area contributed by atoms with Crippen LogP contribution >= 0.6 is 11.3 Å². The number of nitrogens with one attached hydrogen (secondary N) is 1. The van der Waals surface area contributed by atoms with Crippen LogP contribution in [0.1, 0.15) is 18.7 Å². The molecule has 1 aromatic rings. The van der Waals surface area contributed by atoms with E-state index in [2.05, 4.69) is 5.32 Å². The van der Waals surface area contributed by atoms with Crippen LogP contribution in [0, 0.1) is 0 Å². The van der Waals surface area contributed by atoms with Crippen molar-refractivity contribution < 1.29 is 8.42 Å². The van der Waals surface area contributed by atoms with Crippen LogP contribution in [-0.4, -0.2) is 14.5 Å². The summed E-state index contributed by atoms with van der Waals surface area (Å²) in [5.74, 6) is 0. The Kier molecular flexibility index (Phi) is 3.65. The van der Waals surface area contributed by atoms with Crippen molar-refractivity contribution in [3.8, 4) is 0 Å². The molecule has 0 saturated carbocycles. The van der Waals surface area contributed by atoms with Gasteiger partial charge >= 0.3 is 0 Å². The largest absolute Gasteiger partial charge is 0.310 e. The van der Waals surface area contributed by atoms with E-state index < -0.39 is 10.0 Å². The van der Waals surface area contributed by atoms with Gasteiger partial charge in [0.15, 0.2) is 0 Å². The third-order valence-electron chi connectivity index (χ3n) is 1.64. The minimum Gasteiger partial charge on any atom is -0.310 e. The Morgan fingerprint density at radius 1 is 1.57 bits per heavy atom. The van der Waals surface area contributed by atoms with Gasteiger partial charge in [0.25, 0.3) is 0 Å². The molecule has 0 fully saturated rings. The third-order valence-corrected chi connectivity index (χ3v) is 3.62. The molecule has 0 radical (unpaired) electrons. The average molecular weight is 234 g/mol. The second-order valence-corrected chi connectivity index (χ2v) is 5.89. The molecule has 0 amide bonds. The minimum atomic E-state index is -3.54. The monoisotopic (exact) mass is 234 g/mol. The highest BCUT2D eigenvalue weighted by Gasteiger charge is 2.10. The first-order valence-corrected chi connectivity index (χ1v) is 6.66. The molecule has 4 nitrogen and oxygen atoms in total. The fraction of sp³-hybridized carbons (Fsp3) is 0.500. The SMILES string of the molecule is CC(C)NCc1cc(S(N)(=O)=O)cs1. The zero-order valence-corrected chi connectivity index (χ0v) is 9.78. The molecule has 6 heteroatoms. The molecular formula is C8H14N2O2S2. The molecule has 0 saturated heterocycles. The fourth-order valence-corrected chi connectivity index (χ4v) is 2.67. The van der Waals surface area contributed by atoms with E-state index in [0.717, 1.165) is 4.88 Å². The summed E-state index contributed by atoms with van der Waals surface area (Å²) < 4.78 is 21.9. The molecule has 1 rings (SSSR count). The van der Waals surface area contributed by atoms with Crippen LogP contribution in [0.5, 0.6) is 0 Å². The van der Waals surface area contributed by atoms with E-state index in [-0.39, 0.29) is 4.90 Å². The number of nitrogens with two attached hydrogens (primary N) is 1. The van der Waals surface area contributed by atoms with Gasteiger partial charge in [-0.3, -0.25) is 0 Å². The van der Waals surface area contributed by atoms with Crippen molar-refractivity contribution in [2.45, 2.75) is 31.3 Å². The molecule has 80 valence electrons. The number of hydrogen-bond acceptors (Lipinski definition) is 4. The van der Waals surface area contributed by atoms with E-state index in [1.807, 2.05) is 13.8 Å². The molecule has 0 atom stereocenters. The van der Waals surface area contributed by atoms with E-state index in [0.29, 0.717) is 12.6 Å². The summed E-state index contributed by atoms with van der Waals surface area (Å²) in [5.41, 5.74) is 0. The lowest BCUT2D eigenvalue weighted by molar-refractivity contribution is 0.591. The van der Waals surface area contributed by atoms with Crippen LogP contribution in [-0.2, 0) is 16.6 Å². The van der Waals surface area contributed by atoms with Crippen molar-refractivity contribution in [1.82, 2.24) is 5.32 Å². The van der Waals surface area contributed by atoms with Crippen molar-refractivity contribution in [2.24, 2.45) is 5.14 Å². The van der Waals surface area contributed by atoms with Gasteiger partial charge < -0.3 is 5.32 Å². The molecule has 0 aromatic carbocycles. The van der Waals surface area contributed by atoms with Gasteiger partial charge in [0.1, 0.15) is 0 Å². The smallest absolute Gasteiger partial charge is 0.238 e. The molecule has 3 N–H and O–H groups in total. The van der Waals surface area contributed by atoms with Gasteiger partial charge in [0.2, 0.25) is 10.0 Å². The van der Waals surface area contributed by atoms with Gasteiger partial charge in [-0.15, -0.1) is 11.3 Å². The van der Waals surface area contributed by atoms with Gasteiger partial charge in [-0.25, -0.2) is 13.6 Å². The predicted octanol–water partition coefficient (Wildman–Crippen LogP) is 0.894. The summed E-state index contributed by atoms with van der Waals surface area (Å²) in [6, 6.07) is 1.99. The standard InChI is InChI=1S/C8H14N2O2S2/c1-6(2)10-4-7-3-8(5-13-7)14(9,11)12/h3,5-6,10H,4H2,1-2H3,(H2,9,11,12). The van der Waals surface area contributed by atoms with Gasteiger partial charge in [0, 0.05) is 22.8 Å². The second-order valence-electron chi connectivity index (χ2n) is 3.33. The molecule has 1 aromatic heterocycles. The predicted molar refractivity (Wildman–Crippen MR) is 57.7 cm³/mol. The minimum absolute atomic E-state index is 0.197. The Morgan fingerprint density at radius 2 is 2.21 bits per heavy atom. The Labute approximate surface area is 88.2 Å². The summed E-state index contributed by atoms with van der Waals surface area (Å²) in [7, 11) is -3.54. The number of sulfonamides is 1. The lowest BCUT2D eigenvalue weighted by Crippen LogP contribution is -2.21. The van der Waals surface area contributed by atoms with E-state index >= 15 is 0 Å². The van der Waals surface area contributed by atoms with Crippen molar-refractivity contribution in [2.75, 3.05) is 0 Å². The Morgan fingerprint density at radius 3 is 2.64 bits per heavy atom. The van der Waals surface area contributed by atoms with E-state index in [9.17, 15) is 8.42 Å². The third kappa shape index (κ3) is 3.38. The van der Waals surface area contributed by atoms with Gasteiger partial charge in [-0.1, -0.05) is 13.8 Å². The van der Waals surface area contributed by atoms with Crippen LogP contribution in [0.2, 0.25) is 0 Å². The van der Waals surface area contributed by atoms with Crippen molar-refractivity contribution >= 4 is 21.4 Å². The summed E-state index contributed by atoms with van der Waals surface area (Å²) in [6.07, 6.45) is 0. The zero-order valence-electron chi connectivity index (χ0n) is 8.15. The van der Waals surface area contributed by atoms with Crippen molar-refractivity contribution in [1.29, 1.82) is 0 Å². The normalized spacial score (nSPS) is 12.3. The average Bonchev–Trinajstić information content (AvgIpc) is 2.47. The number of thiophene rings is 1. The Hall–Kier alpha value is -0.430.